The summed E-state index contributed by atoms with van der Waals surface area (Å²) in [6, 6.07) is 0.483. The highest BCUT2D eigenvalue weighted by Gasteiger charge is 2.30. The molecule has 1 aliphatic heterocycles. The molecule has 118 valence electrons. The molecule has 2 fully saturated rings. The standard InChI is InChI=1S/C13H27N3O3S/c1-11(10-19-2)15-20(17,18)16-7-3-4-12(9-16)8-14-13-5-6-13/h11-15H,3-10H2,1-2H3. The molecule has 1 saturated heterocycles. The number of nitrogens with one attached hydrogen (secondary N) is 2. The first-order valence-electron chi connectivity index (χ1n) is 7.51. The van der Waals surface area contributed by atoms with Crippen LogP contribution in [0.15, 0.2) is 0 Å². The van der Waals surface area contributed by atoms with Gasteiger partial charge in [-0.2, -0.15) is 17.4 Å². The summed E-state index contributed by atoms with van der Waals surface area (Å²) in [5, 5.41) is 3.50. The Labute approximate surface area is 122 Å². The molecule has 0 aromatic rings. The summed E-state index contributed by atoms with van der Waals surface area (Å²) in [4.78, 5) is 0. The van der Waals surface area contributed by atoms with Crippen molar-refractivity contribution in [3.63, 3.8) is 0 Å². The van der Waals surface area contributed by atoms with E-state index in [1.807, 2.05) is 6.92 Å². The number of hydrogen-bond donors (Lipinski definition) is 2. The van der Waals surface area contributed by atoms with Crippen LogP contribution in [-0.2, 0) is 14.9 Å². The van der Waals surface area contributed by atoms with Gasteiger partial charge >= 0.3 is 0 Å². The molecule has 0 aromatic carbocycles. The third-order valence-corrected chi connectivity index (χ3v) is 5.57. The van der Waals surface area contributed by atoms with Gasteiger partial charge in [-0.25, -0.2) is 0 Å². The fraction of sp³-hybridized carbons (Fsp3) is 1.00. The zero-order chi connectivity index (χ0) is 14.6. The maximum Gasteiger partial charge on any atom is 0.279 e. The van der Waals surface area contributed by atoms with E-state index >= 15 is 0 Å². The lowest BCUT2D eigenvalue weighted by atomic mass is 10.00. The third-order valence-electron chi connectivity index (χ3n) is 3.86. The smallest absolute Gasteiger partial charge is 0.279 e. The minimum atomic E-state index is -3.39. The Balaban J connectivity index is 1.82. The molecule has 2 atom stereocenters. The Morgan fingerprint density at radius 1 is 1.35 bits per heavy atom. The van der Waals surface area contributed by atoms with Crippen LogP contribution in [-0.4, -0.2) is 58.2 Å². The largest absolute Gasteiger partial charge is 0.383 e. The lowest BCUT2D eigenvalue weighted by Gasteiger charge is -2.32. The quantitative estimate of drug-likeness (QED) is 0.677. The minimum Gasteiger partial charge on any atom is -0.383 e. The van der Waals surface area contributed by atoms with Crippen molar-refractivity contribution in [2.45, 2.75) is 44.7 Å². The molecule has 0 bridgehead atoms. The first-order valence-corrected chi connectivity index (χ1v) is 8.95. The summed E-state index contributed by atoms with van der Waals surface area (Å²) < 4.78 is 33.8. The highest BCUT2D eigenvalue weighted by Crippen LogP contribution is 2.22. The van der Waals surface area contributed by atoms with Crippen LogP contribution in [0.25, 0.3) is 0 Å². The molecular formula is C13H27N3O3S. The van der Waals surface area contributed by atoms with Crippen molar-refractivity contribution in [1.29, 1.82) is 0 Å². The first-order chi connectivity index (χ1) is 9.51. The molecule has 1 heterocycles. The molecule has 2 rings (SSSR count). The normalized spacial score (nSPS) is 26.6. The highest BCUT2D eigenvalue weighted by molar-refractivity contribution is 7.87. The van der Waals surface area contributed by atoms with Crippen molar-refractivity contribution in [2.24, 2.45) is 5.92 Å². The van der Waals surface area contributed by atoms with E-state index in [-0.39, 0.29) is 6.04 Å². The van der Waals surface area contributed by atoms with Crippen molar-refractivity contribution in [1.82, 2.24) is 14.3 Å². The maximum absolute atomic E-state index is 12.3. The Kier molecular flexibility index (Phi) is 5.80. The summed E-state index contributed by atoms with van der Waals surface area (Å²) in [5.41, 5.74) is 0. The Morgan fingerprint density at radius 3 is 2.75 bits per heavy atom. The number of ether oxygens (including phenoxy) is 1. The average Bonchev–Trinajstić information content (AvgIpc) is 3.20. The summed E-state index contributed by atoms with van der Waals surface area (Å²) in [5.74, 6) is 0.429. The van der Waals surface area contributed by atoms with Crippen LogP contribution in [0.4, 0.5) is 0 Å². The van der Waals surface area contributed by atoms with Gasteiger partial charge in [0.2, 0.25) is 0 Å². The van der Waals surface area contributed by atoms with Crippen molar-refractivity contribution < 1.29 is 13.2 Å². The molecule has 1 aliphatic carbocycles. The first kappa shape index (κ1) is 16.2. The second-order valence-corrected chi connectivity index (χ2v) is 7.73. The number of rotatable bonds is 8. The van der Waals surface area contributed by atoms with Crippen molar-refractivity contribution in [3.05, 3.63) is 0 Å². The molecule has 0 radical (unpaired) electrons. The van der Waals surface area contributed by atoms with E-state index in [2.05, 4.69) is 10.0 Å². The maximum atomic E-state index is 12.3. The third kappa shape index (κ3) is 4.96. The number of piperidine rings is 1. The fourth-order valence-electron chi connectivity index (χ4n) is 2.65. The van der Waals surface area contributed by atoms with Gasteiger partial charge in [0.05, 0.1) is 6.61 Å². The van der Waals surface area contributed by atoms with Crippen LogP contribution in [0.1, 0.15) is 32.6 Å². The molecule has 7 heteroatoms. The molecule has 1 saturated carbocycles. The number of hydrogen-bond acceptors (Lipinski definition) is 4. The second-order valence-electron chi connectivity index (χ2n) is 6.03. The SMILES string of the molecule is COCC(C)NS(=O)(=O)N1CCCC(CNC2CC2)C1. The summed E-state index contributed by atoms with van der Waals surface area (Å²) in [6.07, 6.45) is 4.59. The Hall–Kier alpha value is -0.210. The van der Waals surface area contributed by atoms with Crippen molar-refractivity contribution in [2.75, 3.05) is 33.4 Å². The van der Waals surface area contributed by atoms with E-state index in [0.717, 1.165) is 19.4 Å². The molecule has 2 unspecified atom stereocenters. The Morgan fingerprint density at radius 2 is 2.10 bits per heavy atom. The van der Waals surface area contributed by atoms with E-state index < -0.39 is 10.2 Å². The van der Waals surface area contributed by atoms with Crippen LogP contribution >= 0.6 is 0 Å². The van der Waals surface area contributed by atoms with E-state index in [9.17, 15) is 8.42 Å². The van der Waals surface area contributed by atoms with Gasteiger partial charge in [-0.1, -0.05) is 0 Å². The second kappa shape index (κ2) is 7.17. The summed E-state index contributed by atoms with van der Waals surface area (Å²) >= 11 is 0. The predicted octanol–water partition coefficient (Wildman–Crippen LogP) is 0.320. The van der Waals surface area contributed by atoms with Crippen LogP contribution in [0.3, 0.4) is 0 Å². The molecule has 0 aromatic heterocycles. The van der Waals surface area contributed by atoms with E-state index in [1.54, 1.807) is 11.4 Å². The van der Waals surface area contributed by atoms with Crippen molar-refractivity contribution >= 4 is 10.2 Å². The van der Waals surface area contributed by atoms with Gasteiger partial charge in [0.15, 0.2) is 0 Å². The topological polar surface area (TPSA) is 70.7 Å². The molecule has 2 N–H and O–H groups in total. The van der Waals surface area contributed by atoms with E-state index in [1.165, 1.54) is 12.8 Å². The van der Waals surface area contributed by atoms with Crippen LogP contribution in [0, 0.1) is 5.92 Å². The summed E-state index contributed by atoms with van der Waals surface area (Å²) in [6.45, 7) is 4.38. The lowest BCUT2D eigenvalue weighted by Crippen LogP contribution is -2.50. The van der Waals surface area contributed by atoms with E-state index in [0.29, 0.717) is 31.7 Å². The fourth-order valence-corrected chi connectivity index (χ4v) is 4.15. The average molecular weight is 305 g/mol. The zero-order valence-corrected chi connectivity index (χ0v) is 13.3. The highest BCUT2D eigenvalue weighted by atomic mass is 32.2. The van der Waals surface area contributed by atoms with Crippen LogP contribution in [0.2, 0.25) is 0 Å². The van der Waals surface area contributed by atoms with Crippen molar-refractivity contribution in [3.8, 4) is 0 Å². The summed E-state index contributed by atoms with van der Waals surface area (Å²) in [7, 11) is -1.81. The molecule has 0 spiro atoms. The minimum absolute atomic E-state index is 0.199. The Bertz CT molecular complexity index is 398. The van der Waals surface area contributed by atoms with E-state index in [4.69, 9.17) is 4.74 Å². The van der Waals surface area contributed by atoms with Gasteiger partial charge in [-0.3, -0.25) is 0 Å². The van der Waals surface area contributed by atoms with Crippen LogP contribution in [0.5, 0.6) is 0 Å². The lowest BCUT2D eigenvalue weighted by molar-refractivity contribution is 0.178. The van der Waals surface area contributed by atoms with Gasteiger partial charge in [-0.15, -0.1) is 0 Å². The van der Waals surface area contributed by atoms with Crippen LogP contribution < -0.4 is 10.0 Å². The van der Waals surface area contributed by atoms with Gasteiger partial charge in [0.1, 0.15) is 0 Å². The van der Waals surface area contributed by atoms with Gasteiger partial charge in [-0.05, 0) is 45.1 Å². The zero-order valence-electron chi connectivity index (χ0n) is 12.5. The molecule has 6 nitrogen and oxygen atoms in total. The molecule has 0 amide bonds. The number of nitrogens with zero attached hydrogens (tertiary/aromatic N) is 1. The predicted molar refractivity (Wildman–Crippen MR) is 78.7 cm³/mol. The van der Waals surface area contributed by atoms with Gasteiger partial charge in [0.25, 0.3) is 10.2 Å². The molecular weight excluding hydrogens is 278 g/mol. The molecule has 20 heavy (non-hydrogen) atoms. The number of methoxy groups -OCH3 is 1. The monoisotopic (exact) mass is 305 g/mol. The van der Waals surface area contributed by atoms with Gasteiger partial charge < -0.3 is 10.1 Å². The van der Waals surface area contributed by atoms with Gasteiger partial charge in [0, 0.05) is 32.3 Å². The molecule has 2 aliphatic rings.